The summed E-state index contributed by atoms with van der Waals surface area (Å²) in [7, 11) is 0. The fourth-order valence-electron chi connectivity index (χ4n) is 2.73. The number of oxazole rings is 1. The predicted octanol–water partition coefficient (Wildman–Crippen LogP) is 2.98. The summed E-state index contributed by atoms with van der Waals surface area (Å²) in [6.07, 6.45) is 6.97. The minimum atomic E-state index is -0.0549. The Morgan fingerprint density at radius 2 is 2.21 bits per heavy atom. The molecule has 5 nitrogen and oxygen atoms in total. The first-order valence-electron chi connectivity index (χ1n) is 7.94. The molecule has 1 aliphatic carbocycles. The van der Waals surface area contributed by atoms with Crippen molar-refractivity contribution in [3.05, 3.63) is 53.5 Å². The lowest BCUT2D eigenvalue weighted by atomic mass is 10.1. The summed E-state index contributed by atoms with van der Waals surface area (Å²) in [6, 6.07) is 7.39. The van der Waals surface area contributed by atoms with Crippen LogP contribution in [0.5, 0.6) is 0 Å². The van der Waals surface area contributed by atoms with Crippen LogP contribution in [0.1, 0.15) is 18.7 Å². The van der Waals surface area contributed by atoms with Crippen LogP contribution in [0.25, 0.3) is 11.3 Å². The van der Waals surface area contributed by atoms with Crippen LogP contribution in [0.3, 0.4) is 0 Å². The zero-order chi connectivity index (χ0) is 16.9. The van der Waals surface area contributed by atoms with Gasteiger partial charge < -0.3 is 14.8 Å². The van der Waals surface area contributed by atoms with Crippen LogP contribution in [-0.2, 0) is 11.2 Å². The number of rotatable bonds is 6. The van der Waals surface area contributed by atoms with E-state index in [2.05, 4.69) is 10.3 Å². The Bertz CT molecular complexity index is 741. The Morgan fingerprint density at radius 1 is 1.38 bits per heavy atom. The van der Waals surface area contributed by atoms with E-state index in [1.165, 1.54) is 0 Å². The number of nitrogens with one attached hydrogen (secondary N) is 1. The number of halogens is 1. The van der Waals surface area contributed by atoms with Gasteiger partial charge in [0.25, 0.3) is 0 Å². The van der Waals surface area contributed by atoms with Gasteiger partial charge in [-0.3, -0.25) is 4.79 Å². The molecule has 1 aromatic carbocycles. The fraction of sp³-hybridized carbons (Fsp3) is 0.333. The van der Waals surface area contributed by atoms with Gasteiger partial charge in [-0.2, -0.15) is 0 Å². The number of benzene rings is 1. The standard InChI is InChI=1S/C18H19ClN2O3/c19-15-4-2-1-3-14(15)16-10-20-18(24-16)8-7-17(23)21-13-6-5-12(9-13)11-22/h1-6,10,12-13,22H,7-9,11H2,(H,21,23)/t12-,13+/m0/s1. The second-order valence-electron chi connectivity index (χ2n) is 5.84. The highest BCUT2D eigenvalue weighted by Gasteiger charge is 2.20. The molecule has 126 valence electrons. The molecule has 3 rings (SSSR count). The maximum absolute atomic E-state index is 12.0. The first-order valence-corrected chi connectivity index (χ1v) is 8.31. The van der Waals surface area contributed by atoms with Crippen LogP contribution in [0.4, 0.5) is 0 Å². The topological polar surface area (TPSA) is 75.4 Å². The summed E-state index contributed by atoms with van der Waals surface area (Å²) in [5.41, 5.74) is 0.786. The van der Waals surface area contributed by atoms with Gasteiger partial charge in [-0.15, -0.1) is 0 Å². The molecule has 1 amide bonds. The third-order valence-corrected chi connectivity index (χ3v) is 4.34. The first kappa shape index (κ1) is 16.7. The summed E-state index contributed by atoms with van der Waals surface area (Å²) in [5.74, 6) is 1.19. The molecule has 0 saturated heterocycles. The van der Waals surface area contributed by atoms with Gasteiger partial charge in [0.2, 0.25) is 5.91 Å². The van der Waals surface area contributed by atoms with Gasteiger partial charge >= 0.3 is 0 Å². The lowest BCUT2D eigenvalue weighted by Gasteiger charge is -2.12. The van der Waals surface area contributed by atoms with Crippen molar-refractivity contribution in [3.8, 4) is 11.3 Å². The number of aromatic nitrogens is 1. The quantitative estimate of drug-likeness (QED) is 0.788. The number of amides is 1. The lowest BCUT2D eigenvalue weighted by Crippen LogP contribution is -2.33. The molecule has 1 aliphatic rings. The van der Waals surface area contributed by atoms with Crippen molar-refractivity contribution >= 4 is 17.5 Å². The Kier molecular flexibility index (Phi) is 5.33. The van der Waals surface area contributed by atoms with Crippen LogP contribution in [0.15, 0.2) is 47.0 Å². The van der Waals surface area contributed by atoms with Crippen LogP contribution in [-0.4, -0.2) is 28.6 Å². The number of aliphatic hydroxyl groups is 1. The van der Waals surface area contributed by atoms with Crippen molar-refractivity contribution in [2.24, 2.45) is 5.92 Å². The highest BCUT2D eigenvalue weighted by molar-refractivity contribution is 6.33. The van der Waals surface area contributed by atoms with Crippen molar-refractivity contribution in [1.29, 1.82) is 0 Å². The van der Waals surface area contributed by atoms with Crippen molar-refractivity contribution in [2.45, 2.75) is 25.3 Å². The summed E-state index contributed by atoms with van der Waals surface area (Å²) in [6.45, 7) is 0.115. The largest absolute Gasteiger partial charge is 0.441 e. The Balaban J connectivity index is 1.52. The second-order valence-corrected chi connectivity index (χ2v) is 6.24. The molecule has 0 radical (unpaired) electrons. The average molecular weight is 347 g/mol. The SMILES string of the molecule is O=C(CCc1ncc(-c2ccccc2Cl)o1)N[C@@H]1C=C[C@H](CO)C1. The third-order valence-electron chi connectivity index (χ3n) is 4.01. The number of aliphatic hydroxyl groups excluding tert-OH is 1. The number of carbonyl (C=O) groups excluding carboxylic acids is 1. The Hall–Kier alpha value is -2.11. The van der Waals surface area contributed by atoms with Crippen LogP contribution >= 0.6 is 11.6 Å². The second kappa shape index (κ2) is 7.64. The van der Waals surface area contributed by atoms with Gasteiger partial charge in [0.15, 0.2) is 11.7 Å². The normalized spacial score (nSPS) is 19.6. The number of carbonyl (C=O) groups is 1. The Morgan fingerprint density at radius 3 is 2.96 bits per heavy atom. The molecule has 24 heavy (non-hydrogen) atoms. The van der Waals surface area contributed by atoms with E-state index >= 15 is 0 Å². The molecule has 6 heteroatoms. The molecule has 1 heterocycles. The van der Waals surface area contributed by atoms with E-state index in [1.54, 1.807) is 12.3 Å². The minimum Gasteiger partial charge on any atom is -0.441 e. The van der Waals surface area contributed by atoms with Gasteiger partial charge in [0.05, 0.1) is 11.2 Å². The molecular weight excluding hydrogens is 328 g/mol. The molecule has 0 saturated carbocycles. The van der Waals surface area contributed by atoms with Gasteiger partial charge in [-0.05, 0) is 18.6 Å². The lowest BCUT2D eigenvalue weighted by molar-refractivity contribution is -0.121. The van der Waals surface area contributed by atoms with E-state index < -0.39 is 0 Å². The average Bonchev–Trinajstić information content (AvgIpc) is 3.22. The van der Waals surface area contributed by atoms with Crippen molar-refractivity contribution in [1.82, 2.24) is 10.3 Å². The molecule has 0 fully saturated rings. The van der Waals surface area contributed by atoms with Crippen LogP contribution in [0, 0.1) is 5.92 Å². The maximum Gasteiger partial charge on any atom is 0.220 e. The van der Waals surface area contributed by atoms with E-state index in [0.717, 1.165) is 12.0 Å². The Labute approximate surface area is 145 Å². The van der Waals surface area contributed by atoms with E-state index in [1.807, 2.05) is 30.4 Å². The highest BCUT2D eigenvalue weighted by Crippen LogP contribution is 2.28. The van der Waals surface area contributed by atoms with Crippen molar-refractivity contribution in [2.75, 3.05) is 6.61 Å². The van der Waals surface area contributed by atoms with Crippen LogP contribution < -0.4 is 5.32 Å². The van der Waals surface area contributed by atoms with Crippen molar-refractivity contribution < 1.29 is 14.3 Å². The summed E-state index contributed by atoms with van der Waals surface area (Å²) in [4.78, 5) is 16.2. The van der Waals surface area contributed by atoms with Gasteiger partial charge in [0, 0.05) is 37.0 Å². The molecular formula is C18H19ClN2O3. The molecule has 0 aliphatic heterocycles. The monoisotopic (exact) mass is 346 g/mol. The zero-order valence-electron chi connectivity index (χ0n) is 13.1. The maximum atomic E-state index is 12.0. The van der Waals surface area contributed by atoms with E-state index in [0.29, 0.717) is 29.5 Å². The fourth-order valence-corrected chi connectivity index (χ4v) is 2.96. The van der Waals surface area contributed by atoms with Crippen molar-refractivity contribution in [3.63, 3.8) is 0 Å². The highest BCUT2D eigenvalue weighted by atomic mass is 35.5. The zero-order valence-corrected chi connectivity index (χ0v) is 13.9. The molecule has 0 spiro atoms. The van der Waals surface area contributed by atoms with E-state index in [9.17, 15) is 4.79 Å². The predicted molar refractivity (Wildman–Crippen MR) is 91.5 cm³/mol. The molecule has 2 atom stereocenters. The molecule has 2 aromatic rings. The van der Waals surface area contributed by atoms with E-state index in [4.69, 9.17) is 21.1 Å². The molecule has 0 unspecified atom stereocenters. The summed E-state index contributed by atoms with van der Waals surface area (Å²) < 4.78 is 5.68. The van der Waals surface area contributed by atoms with Gasteiger partial charge in [0.1, 0.15) is 0 Å². The molecule has 2 N–H and O–H groups in total. The number of aryl methyl sites for hydroxylation is 1. The molecule has 0 bridgehead atoms. The summed E-state index contributed by atoms with van der Waals surface area (Å²) >= 11 is 6.14. The molecule has 1 aromatic heterocycles. The summed E-state index contributed by atoms with van der Waals surface area (Å²) in [5, 5.41) is 12.6. The van der Waals surface area contributed by atoms with Gasteiger partial charge in [-0.25, -0.2) is 4.98 Å². The van der Waals surface area contributed by atoms with Crippen LogP contribution in [0.2, 0.25) is 5.02 Å². The smallest absolute Gasteiger partial charge is 0.220 e. The minimum absolute atomic E-state index is 0.00195. The third kappa shape index (κ3) is 4.04. The van der Waals surface area contributed by atoms with Gasteiger partial charge in [-0.1, -0.05) is 35.9 Å². The van der Waals surface area contributed by atoms with E-state index in [-0.39, 0.29) is 24.5 Å². The first-order chi connectivity index (χ1) is 11.7. The number of hydrogen-bond donors (Lipinski definition) is 2. The number of hydrogen-bond acceptors (Lipinski definition) is 4. The number of nitrogens with zero attached hydrogens (tertiary/aromatic N) is 1.